The molecule has 0 spiro atoms. The number of aromatic hydroxyl groups is 1. The second-order valence-corrected chi connectivity index (χ2v) is 4.41. The first-order valence-electron chi connectivity index (χ1n) is 5.81. The van der Waals surface area contributed by atoms with E-state index in [1.165, 1.54) is 0 Å². The lowest BCUT2D eigenvalue weighted by Gasteiger charge is -2.00. The Morgan fingerprint density at radius 2 is 1.89 bits per heavy atom. The van der Waals surface area contributed by atoms with Gasteiger partial charge in [-0.25, -0.2) is 0 Å². The Hall–Kier alpha value is -2.80. The molecular formula is C15H10N2O2. The van der Waals surface area contributed by atoms with E-state index in [2.05, 4.69) is 4.98 Å². The molecule has 0 saturated heterocycles. The lowest BCUT2D eigenvalue weighted by molar-refractivity contribution is 0.104. The van der Waals surface area contributed by atoms with Crippen LogP contribution >= 0.6 is 0 Å². The number of aromatic nitrogens is 1. The van der Waals surface area contributed by atoms with Crippen molar-refractivity contribution in [3.05, 3.63) is 47.0 Å². The molecule has 1 aromatic carbocycles. The predicted octanol–water partition coefficient (Wildman–Crippen LogP) is 2.88. The molecular weight excluding hydrogens is 240 g/mol. The number of allylic oxidation sites excluding steroid dienone is 2. The molecule has 0 radical (unpaired) electrons. The van der Waals surface area contributed by atoms with Crippen LogP contribution in [0.25, 0.3) is 16.8 Å². The Bertz CT molecular complexity index is 761. The second kappa shape index (κ2) is 3.85. The summed E-state index contributed by atoms with van der Waals surface area (Å²) in [4.78, 5) is 15.1. The quantitative estimate of drug-likeness (QED) is 0.816. The lowest BCUT2D eigenvalue weighted by atomic mass is 10.0. The second-order valence-electron chi connectivity index (χ2n) is 4.41. The number of H-pyrrole nitrogens is 1. The number of Topliss-reactive ketones (excluding diaryl/α,β-unsaturated/α-hetero) is 1. The minimum absolute atomic E-state index is 0.0649. The minimum atomic E-state index is -0.328. The average molecular weight is 250 g/mol. The van der Waals surface area contributed by atoms with Gasteiger partial charge in [0, 0.05) is 0 Å². The Balaban J connectivity index is 2.29. The predicted molar refractivity (Wildman–Crippen MR) is 70.4 cm³/mol. The molecule has 92 valence electrons. The molecule has 0 amide bonds. The normalized spacial score (nSPS) is 13.6. The molecule has 1 heterocycles. The van der Waals surface area contributed by atoms with Crippen molar-refractivity contribution in [3.63, 3.8) is 0 Å². The van der Waals surface area contributed by atoms with Crippen LogP contribution in [0.4, 0.5) is 0 Å². The zero-order chi connectivity index (χ0) is 13.6. The molecule has 0 aliphatic heterocycles. The van der Waals surface area contributed by atoms with Gasteiger partial charge < -0.3 is 10.1 Å². The molecule has 2 aromatic rings. The number of fused-ring (bicyclic) bond motifs is 1. The van der Waals surface area contributed by atoms with Crippen molar-refractivity contribution in [2.45, 2.75) is 6.92 Å². The SMILES string of the molecule is CC1=C(C#N)C(=O)c2c(-c3ccccc3)[nH]c(O)c21. The van der Waals surface area contributed by atoms with Crippen LogP contribution in [0.3, 0.4) is 0 Å². The van der Waals surface area contributed by atoms with Crippen molar-refractivity contribution in [2.75, 3.05) is 0 Å². The van der Waals surface area contributed by atoms with Gasteiger partial charge in [0.25, 0.3) is 0 Å². The van der Waals surface area contributed by atoms with Crippen molar-refractivity contribution in [1.29, 1.82) is 5.26 Å². The fourth-order valence-electron chi connectivity index (χ4n) is 2.46. The zero-order valence-electron chi connectivity index (χ0n) is 10.2. The highest BCUT2D eigenvalue weighted by molar-refractivity contribution is 6.26. The maximum Gasteiger partial charge on any atom is 0.206 e. The smallest absolute Gasteiger partial charge is 0.206 e. The monoisotopic (exact) mass is 250 g/mol. The van der Waals surface area contributed by atoms with Gasteiger partial charge >= 0.3 is 0 Å². The van der Waals surface area contributed by atoms with Crippen molar-refractivity contribution in [2.24, 2.45) is 0 Å². The van der Waals surface area contributed by atoms with E-state index in [9.17, 15) is 9.90 Å². The molecule has 19 heavy (non-hydrogen) atoms. The zero-order valence-corrected chi connectivity index (χ0v) is 10.2. The summed E-state index contributed by atoms with van der Waals surface area (Å²) in [7, 11) is 0. The first-order valence-corrected chi connectivity index (χ1v) is 5.81. The Kier molecular flexibility index (Phi) is 2.29. The summed E-state index contributed by atoms with van der Waals surface area (Å²) in [5.41, 5.74) is 2.82. The van der Waals surface area contributed by atoms with Gasteiger partial charge in [-0.3, -0.25) is 4.79 Å². The minimum Gasteiger partial charge on any atom is -0.494 e. The number of carbonyl (C=O) groups excluding carboxylic acids is 1. The Morgan fingerprint density at radius 3 is 2.53 bits per heavy atom. The van der Waals surface area contributed by atoms with E-state index in [4.69, 9.17) is 5.26 Å². The molecule has 0 fully saturated rings. The first-order chi connectivity index (χ1) is 9.15. The highest BCUT2D eigenvalue weighted by Crippen LogP contribution is 2.43. The third-order valence-electron chi connectivity index (χ3n) is 3.36. The van der Waals surface area contributed by atoms with Gasteiger partial charge in [0.1, 0.15) is 11.6 Å². The fourth-order valence-corrected chi connectivity index (χ4v) is 2.46. The van der Waals surface area contributed by atoms with E-state index in [0.29, 0.717) is 22.4 Å². The van der Waals surface area contributed by atoms with E-state index >= 15 is 0 Å². The summed E-state index contributed by atoms with van der Waals surface area (Å²) in [5.74, 6) is -0.393. The first kappa shape index (κ1) is 11.3. The summed E-state index contributed by atoms with van der Waals surface area (Å²) >= 11 is 0. The largest absolute Gasteiger partial charge is 0.494 e. The van der Waals surface area contributed by atoms with Crippen LogP contribution in [0.1, 0.15) is 22.8 Å². The molecule has 1 aliphatic carbocycles. The van der Waals surface area contributed by atoms with Gasteiger partial charge in [-0.05, 0) is 18.1 Å². The number of hydrogen-bond acceptors (Lipinski definition) is 3. The topological polar surface area (TPSA) is 76.9 Å². The molecule has 1 aliphatic rings. The van der Waals surface area contributed by atoms with Crippen LogP contribution < -0.4 is 0 Å². The van der Waals surface area contributed by atoms with E-state index in [0.717, 1.165) is 5.56 Å². The molecule has 0 atom stereocenters. The Morgan fingerprint density at radius 1 is 1.21 bits per heavy atom. The van der Waals surface area contributed by atoms with Gasteiger partial charge in [-0.1, -0.05) is 30.3 Å². The van der Waals surface area contributed by atoms with Gasteiger partial charge in [0.05, 0.1) is 16.8 Å². The van der Waals surface area contributed by atoms with Crippen LogP contribution in [-0.4, -0.2) is 15.9 Å². The molecule has 4 nitrogen and oxygen atoms in total. The van der Waals surface area contributed by atoms with E-state index in [1.54, 1.807) is 6.92 Å². The number of carbonyl (C=O) groups is 1. The van der Waals surface area contributed by atoms with Crippen LogP contribution in [0, 0.1) is 11.3 Å². The summed E-state index contributed by atoms with van der Waals surface area (Å²) in [5, 5.41) is 19.0. The van der Waals surface area contributed by atoms with E-state index < -0.39 is 0 Å². The maximum atomic E-state index is 12.2. The molecule has 0 saturated carbocycles. The standard InChI is InChI=1S/C15H10N2O2/c1-8-10(7-16)14(18)12-11(8)15(19)17-13(12)9-5-3-2-4-6-9/h2-6,17,19H,1H3. The van der Waals surface area contributed by atoms with Crippen molar-refractivity contribution < 1.29 is 9.90 Å². The number of hydrogen-bond donors (Lipinski definition) is 2. The van der Waals surface area contributed by atoms with Crippen molar-refractivity contribution >= 4 is 11.4 Å². The highest BCUT2D eigenvalue weighted by atomic mass is 16.3. The third kappa shape index (κ3) is 1.42. The van der Waals surface area contributed by atoms with Crippen molar-refractivity contribution in [3.8, 4) is 23.2 Å². The van der Waals surface area contributed by atoms with Crippen molar-refractivity contribution in [1.82, 2.24) is 4.98 Å². The molecule has 0 bridgehead atoms. The summed E-state index contributed by atoms with van der Waals surface area (Å²) in [6.07, 6.45) is 0. The summed E-state index contributed by atoms with van der Waals surface area (Å²) < 4.78 is 0. The van der Waals surface area contributed by atoms with Gasteiger partial charge in [-0.15, -0.1) is 0 Å². The molecule has 0 unspecified atom stereocenters. The van der Waals surface area contributed by atoms with E-state index in [-0.39, 0.29) is 17.2 Å². The number of nitriles is 1. The maximum absolute atomic E-state index is 12.2. The molecule has 4 heteroatoms. The third-order valence-corrected chi connectivity index (χ3v) is 3.36. The van der Waals surface area contributed by atoms with Crippen LogP contribution in [0.15, 0.2) is 35.9 Å². The van der Waals surface area contributed by atoms with Crippen LogP contribution in [0.5, 0.6) is 5.88 Å². The number of nitrogens with one attached hydrogen (secondary N) is 1. The molecule has 3 rings (SSSR count). The van der Waals surface area contributed by atoms with Gasteiger partial charge in [0.15, 0.2) is 5.88 Å². The fraction of sp³-hybridized carbons (Fsp3) is 0.0667. The lowest BCUT2D eigenvalue weighted by Crippen LogP contribution is -1.98. The number of rotatable bonds is 1. The summed E-state index contributed by atoms with van der Waals surface area (Å²) in [6, 6.07) is 11.2. The van der Waals surface area contributed by atoms with Crippen LogP contribution in [-0.2, 0) is 0 Å². The number of aromatic amines is 1. The van der Waals surface area contributed by atoms with Gasteiger partial charge in [0.2, 0.25) is 5.78 Å². The summed E-state index contributed by atoms with van der Waals surface area (Å²) in [6.45, 7) is 1.67. The number of nitrogens with zero attached hydrogens (tertiary/aromatic N) is 1. The van der Waals surface area contributed by atoms with Gasteiger partial charge in [-0.2, -0.15) is 5.26 Å². The van der Waals surface area contributed by atoms with Crippen LogP contribution in [0.2, 0.25) is 0 Å². The van der Waals surface area contributed by atoms with E-state index in [1.807, 2.05) is 36.4 Å². The molecule has 2 N–H and O–H groups in total. The molecule has 1 aromatic heterocycles. The number of ketones is 1. The number of benzene rings is 1. The highest BCUT2D eigenvalue weighted by Gasteiger charge is 2.34. The average Bonchev–Trinajstić information content (AvgIpc) is 2.89. The Labute approximate surface area is 109 Å².